The lowest BCUT2D eigenvalue weighted by molar-refractivity contribution is -0.121. The van der Waals surface area contributed by atoms with Crippen molar-refractivity contribution in [3.8, 4) is 11.5 Å². The second kappa shape index (κ2) is 10.2. The number of carbonyl (C=O) groups is 1. The minimum atomic E-state index is -0.0568. The highest BCUT2D eigenvalue weighted by atomic mass is 16.5. The predicted molar refractivity (Wildman–Crippen MR) is 133 cm³/mol. The topological polar surface area (TPSA) is 66.6 Å². The van der Waals surface area contributed by atoms with E-state index in [1.807, 2.05) is 49.6 Å². The quantitative estimate of drug-likeness (QED) is 0.453. The van der Waals surface area contributed by atoms with Gasteiger partial charge in [0.2, 0.25) is 5.91 Å². The number of hydrogen-bond acceptors (Lipinski definition) is 4. The molecule has 0 spiro atoms. The maximum absolute atomic E-state index is 12.3. The van der Waals surface area contributed by atoms with Crippen molar-refractivity contribution in [2.75, 3.05) is 24.6 Å². The molecule has 2 atom stereocenters. The highest BCUT2D eigenvalue weighted by molar-refractivity contribution is 5.78. The molecule has 6 heteroatoms. The molecule has 5 rings (SSSR count). The molecule has 2 fully saturated rings. The van der Waals surface area contributed by atoms with Crippen molar-refractivity contribution in [1.29, 1.82) is 0 Å². The van der Waals surface area contributed by atoms with Crippen LogP contribution in [0.3, 0.4) is 0 Å². The molecule has 1 aliphatic carbocycles. The van der Waals surface area contributed by atoms with E-state index >= 15 is 0 Å². The normalized spacial score (nSPS) is 18.5. The molecule has 2 aromatic carbocycles. The Morgan fingerprint density at radius 1 is 1.06 bits per heavy atom. The summed E-state index contributed by atoms with van der Waals surface area (Å²) in [6.07, 6.45) is 7.82. The average Bonchev–Trinajstić information content (AvgIpc) is 3.32. The highest BCUT2D eigenvalue weighted by Crippen LogP contribution is 2.30. The Morgan fingerprint density at radius 2 is 1.82 bits per heavy atom. The minimum absolute atomic E-state index is 0.0148. The second-order valence-electron chi connectivity index (χ2n) is 9.48. The number of H-pyrrole nitrogens is 1. The third-order valence-corrected chi connectivity index (χ3v) is 6.62. The smallest absolute Gasteiger partial charge is 0.224 e. The number of carbonyl (C=O) groups excluding carboxylic acids is 1. The van der Waals surface area contributed by atoms with Crippen LogP contribution in [0.5, 0.6) is 11.5 Å². The van der Waals surface area contributed by atoms with Crippen LogP contribution in [0.25, 0.3) is 0 Å². The first-order valence-corrected chi connectivity index (χ1v) is 12.3. The van der Waals surface area contributed by atoms with Gasteiger partial charge in [0.05, 0.1) is 25.6 Å². The molecule has 0 bridgehead atoms. The summed E-state index contributed by atoms with van der Waals surface area (Å²) in [6.45, 7) is 4.70. The Balaban J connectivity index is 1.08. The van der Waals surface area contributed by atoms with Crippen LogP contribution in [0, 0.1) is 5.92 Å². The van der Waals surface area contributed by atoms with Gasteiger partial charge < -0.3 is 24.7 Å². The Labute approximate surface area is 201 Å². The van der Waals surface area contributed by atoms with Crippen molar-refractivity contribution < 1.29 is 14.3 Å². The minimum Gasteiger partial charge on any atom is -0.493 e. The van der Waals surface area contributed by atoms with E-state index in [9.17, 15) is 4.79 Å². The standard InChI is InChI=1S/C28H33N3O3/c1-20(30-28(32)16-22-12-14-29-17-22)23-4-8-26(9-5-23)34-27-13-15-31(18-27)24-6-10-25(11-7-24)33-19-21-2-3-21/h4-12,14,17,20-21,27,29H,2-3,13,15-16,18-19H2,1H3,(H,30,32). The molecule has 178 valence electrons. The van der Waals surface area contributed by atoms with E-state index < -0.39 is 0 Å². The number of nitrogens with zero attached hydrogens (tertiary/aromatic N) is 1. The number of aromatic nitrogens is 1. The van der Waals surface area contributed by atoms with Crippen molar-refractivity contribution in [2.45, 2.75) is 44.8 Å². The fourth-order valence-electron chi connectivity index (χ4n) is 4.37. The summed E-state index contributed by atoms with van der Waals surface area (Å²) in [5, 5.41) is 3.06. The molecule has 2 N–H and O–H groups in total. The van der Waals surface area contributed by atoms with Gasteiger partial charge in [-0.2, -0.15) is 0 Å². The summed E-state index contributed by atoms with van der Waals surface area (Å²) in [4.78, 5) is 17.6. The number of benzene rings is 2. The van der Waals surface area contributed by atoms with Crippen LogP contribution in [0.15, 0.2) is 67.0 Å². The van der Waals surface area contributed by atoms with Crippen molar-refractivity contribution in [2.24, 2.45) is 5.92 Å². The fourth-order valence-corrected chi connectivity index (χ4v) is 4.37. The Bertz CT molecular complexity index is 1060. The van der Waals surface area contributed by atoms with Crippen LogP contribution in [0.2, 0.25) is 0 Å². The summed E-state index contributed by atoms with van der Waals surface area (Å²) < 4.78 is 12.1. The third-order valence-electron chi connectivity index (χ3n) is 6.62. The largest absolute Gasteiger partial charge is 0.493 e. The van der Waals surface area contributed by atoms with Gasteiger partial charge in [-0.1, -0.05) is 12.1 Å². The van der Waals surface area contributed by atoms with Crippen molar-refractivity contribution >= 4 is 11.6 Å². The molecule has 1 aromatic heterocycles. The van der Waals surface area contributed by atoms with Gasteiger partial charge >= 0.3 is 0 Å². The summed E-state index contributed by atoms with van der Waals surface area (Å²) >= 11 is 0. The van der Waals surface area contributed by atoms with E-state index in [1.54, 1.807) is 0 Å². The highest BCUT2D eigenvalue weighted by Gasteiger charge is 2.25. The van der Waals surface area contributed by atoms with E-state index in [4.69, 9.17) is 9.47 Å². The van der Waals surface area contributed by atoms with E-state index in [0.29, 0.717) is 6.42 Å². The molecular formula is C28H33N3O3. The molecule has 1 amide bonds. The lowest BCUT2D eigenvalue weighted by Gasteiger charge is -2.20. The maximum atomic E-state index is 12.3. The Hall–Kier alpha value is -3.41. The molecule has 0 radical (unpaired) electrons. The van der Waals surface area contributed by atoms with Crippen molar-refractivity contribution in [1.82, 2.24) is 10.3 Å². The first kappa shape index (κ1) is 22.4. The number of ether oxygens (including phenoxy) is 2. The van der Waals surface area contributed by atoms with Crippen LogP contribution < -0.4 is 19.7 Å². The predicted octanol–water partition coefficient (Wildman–Crippen LogP) is 4.88. The Kier molecular flexibility index (Phi) is 6.74. The van der Waals surface area contributed by atoms with Gasteiger partial charge in [-0.25, -0.2) is 0 Å². The Morgan fingerprint density at radius 3 is 2.53 bits per heavy atom. The van der Waals surface area contributed by atoms with Gasteiger partial charge in [0.15, 0.2) is 0 Å². The third kappa shape index (κ3) is 5.93. The molecule has 1 aliphatic heterocycles. The first-order valence-electron chi connectivity index (χ1n) is 12.3. The lowest BCUT2D eigenvalue weighted by Crippen LogP contribution is -2.28. The monoisotopic (exact) mass is 459 g/mol. The molecule has 2 aliphatic rings. The molecule has 6 nitrogen and oxygen atoms in total. The zero-order valence-corrected chi connectivity index (χ0v) is 19.7. The van der Waals surface area contributed by atoms with Gasteiger partial charge in [0.1, 0.15) is 17.6 Å². The number of rotatable bonds is 10. The van der Waals surface area contributed by atoms with Gasteiger partial charge in [-0.05, 0) is 79.3 Å². The number of nitrogens with one attached hydrogen (secondary N) is 2. The molecule has 1 saturated heterocycles. The van der Waals surface area contributed by atoms with E-state index in [1.165, 1.54) is 18.5 Å². The van der Waals surface area contributed by atoms with E-state index in [-0.39, 0.29) is 18.1 Å². The number of amides is 1. The van der Waals surface area contributed by atoms with Crippen LogP contribution in [0.1, 0.15) is 43.4 Å². The summed E-state index contributed by atoms with van der Waals surface area (Å²) in [5.41, 5.74) is 3.26. The molecule has 1 saturated carbocycles. The zero-order valence-electron chi connectivity index (χ0n) is 19.7. The summed E-state index contributed by atoms with van der Waals surface area (Å²) in [5.74, 6) is 2.60. The van der Waals surface area contributed by atoms with Crippen LogP contribution in [-0.4, -0.2) is 36.7 Å². The van der Waals surface area contributed by atoms with Crippen molar-refractivity contribution in [3.63, 3.8) is 0 Å². The number of anilines is 1. The van der Waals surface area contributed by atoms with Crippen LogP contribution >= 0.6 is 0 Å². The molecule has 2 heterocycles. The average molecular weight is 460 g/mol. The van der Waals surface area contributed by atoms with E-state index in [2.05, 4.69) is 39.5 Å². The van der Waals surface area contributed by atoms with Crippen molar-refractivity contribution in [3.05, 3.63) is 78.1 Å². The zero-order chi connectivity index (χ0) is 23.3. The fraction of sp³-hybridized carbons (Fsp3) is 0.393. The molecular weight excluding hydrogens is 426 g/mol. The molecule has 3 aromatic rings. The second-order valence-corrected chi connectivity index (χ2v) is 9.48. The maximum Gasteiger partial charge on any atom is 0.224 e. The van der Waals surface area contributed by atoms with Crippen LogP contribution in [-0.2, 0) is 11.2 Å². The van der Waals surface area contributed by atoms with E-state index in [0.717, 1.165) is 54.7 Å². The number of aromatic amines is 1. The summed E-state index contributed by atoms with van der Waals surface area (Å²) in [7, 11) is 0. The first-order chi connectivity index (χ1) is 16.6. The lowest BCUT2D eigenvalue weighted by atomic mass is 10.1. The van der Waals surface area contributed by atoms with Gasteiger partial charge in [0, 0.05) is 31.0 Å². The summed E-state index contributed by atoms with van der Waals surface area (Å²) in [6, 6.07) is 18.4. The number of hydrogen-bond donors (Lipinski definition) is 2. The van der Waals surface area contributed by atoms with Crippen LogP contribution in [0.4, 0.5) is 5.69 Å². The van der Waals surface area contributed by atoms with Gasteiger partial charge in [-0.3, -0.25) is 4.79 Å². The van der Waals surface area contributed by atoms with Gasteiger partial charge in [-0.15, -0.1) is 0 Å². The molecule has 2 unspecified atom stereocenters. The van der Waals surface area contributed by atoms with Gasteiger partial charge in [0.25, 0.3) is 0 Å². The SMILES string of the molecule is CC(NC(=O)Cc1cc[nH]c1)c1ccc(OC2CCN(c3ccc(OCC4CC4)cc3)C2)cc1. The molecule has 34 heavy (non-hydrogen) atoms.